The van der Waals surface area contributed by atoms with E-state index in [2.05, 4.69) is 20.5 Å². The fourth-order valence-corrected chi connectivity index (χ4v) is 4.32. The minimum absolute atomic E-state index is 0.196. The lowest BCUT2D eigenvalue weighted by Gasteiger charge is -2.11. The summed E-state index contributed by atoms with van der Waals surface area (Å²) in [4.78, 5) is 12.8. The lowest BCUT2D eigenvalue weighted by molar-refractivity contribution is 0.289. The quantitative estimate of drug-likeness (QED) is 0.297. The lowest BCUT2D eigenvalue weighted by atomic mass is 10.2. The largest absolute Gasteiger partial charge is 0.486 e. The second-order valence-corrected chi connectivity index (χ2v) is 8.75. The van der Waals surface area contributed by atoms with Crippen molar-refractivity contribution in [2.45, 2.75) is 24.2 Å². The molecule has 34 heavy (non-hydrogen) atoms. The monoisotopic (exact) mass is 490 g/mol. The molecule has 0 N–H and O–H groups in total. The fraction of sp³-hybridized carbons (Fsp3) is 0.125. The molecule has 0 radical (unpaired) electrons. The molecule has 0 saturated heterocycles. The molecule has 2 aromatic heterocycles. The summed E-state index contributed by atoms with van der Waals surface area (Å²) in [6, 6.07) is 24.3. The predicted octanol–water partition coefficient (Wildman–Crippen LogP) is 4.41. The first kappa shape index (κ1) is 22.1. The summed E-state index contributed by atoms with van der Waals surface area (Å²) < 4.78 is 9.21. The van der Waals surface area contributed by atoms with Crippen molar-refractivity contribution in [1.82, 2.24) is 29.8 Å². The Morgan fingerprint density at radius 3 is 2.47 bits per heavy atom. The fourth-order valence-electron chi connectivity index (χ4n) is 3.36. The van der Waals surface area contributed by atoms with Crippen molar-refractivity contribution in [1.29, 1.82) is 0 Å². The van der Waals surface area contributed by atoms with Crippen LogP contribution in [0.3, 0.4) is 0 Å². The summed E-state index contributed by atoms with van der Waals surface area (Å²) in [6.07, 6.45) is 0. The molecule has 0 bridgehead atoms. The van der Waals surface area contributed by atoms with Gasteiger partial charge in [0.2, 0.25) is 0 Å². The number of aromatic nitrogens is 6. The van der Waals surface area contributed by atoms with Crippen LogP contribution in [0, 0.1) is 0 Å². The van der Waals surface area contributed by atoms with Crippen LogP contribution in [0.5, 0.6) is 5.75 Å². The second kappa shape index (κ2) is 10.1. The maximum atomic E-state index is 12.8. The van der Waals surface area contributed by atoms with E-state index in [1.807, 2.05) is 47.0 Å². The van der Waals surface area contributed by atoms with Gasteiger partial charge in [-0.3, -0.25) is 9.36 Å². The Labute approximate surface area is 204 Å². The van der Waals surface area contributed by atoms with Gasteiger partial charge in [0, 0.05) is 5.02 Å². The zero-order valence-corrected chi connectivity index (χ0v) is 19.5. The normalized spacial score (nSPS) is 11.1. The molecule has 0 saturated carbocycles. The topological polar surface area (TPSA) is 87.7 Å². The number of benzene rings is 3. The first-order valence-electron chi connectivity index (χ1n) is 10.5. The number of hydrogen-bond acceptors (Lipinski definition) is 7. The highest BCUT2D eigenvalue weighted by Crippen LogP contribution is 2.22. The molecule has 8 nitrogen and oxygen atoms in total. The first-order valence-corrected chi connectivity index (χ1v) is 11.8. The van der Waals surface area contributed by atoms with Gasteiger partial charge >= 0.3 is 0 Å². The Morgan fingerprint density at radius 1 is 0.882 bits per heavy atom. The van der Waals surface area contributed by atoms with E-state index in [4.69, 9.17) is 16.3 Å². The Balaban J connectivity index is 1.39. The molecule has 170 valence electrons. The van der Waals surface area contributed by atoms with Crippen molar-refractivity contribution >= 4 is 34.3 Å². The molecule has 0 atom stereocenters. The van der Waals surface area contributed by atoms with Gasteiger partial charge in [0.1, 0.15) is 17.9 Å². The number of ether oxygens (including phenoxy) is 1. The highest BCUT2D eigenvalue weighted by atomic mass is 35.5. The van der Waals surface area contributed by atoms with Crippen LogP contribution in [0.1, 0.15) is 11.4 Å². The van der Waals surface area contributed by atoms with Gasteiger partial charge in [-0.1, -0.05) is 71.0 Å². The van der Waals surface area contributed by atoms with E-state index in [-0.39, 0.29) is 18.0 Å². The second-order valence-electron chi connectivity index (χ2n) is 7.40. The Bertz CT molecular complexity index is 1470. The van der Waals surface area contributed by atoms with Crippen LogP contribution in [-0.2, 0) is 19.0 Å². The molecular formula is C24H19ClN6O2S. The molecule has 3 aromatic carbocycles. The van der Waals surface area contributed by atoms with Gasteiger partial charge in [-0.2, -0.15) is 4.68 Å². The molecule has 5 aromatic rings. The third-order valence-electron chi connectivity index (χ3n) is 5.10. The summed E-state index contributed by atoms with van der Waals surface area (Å²) >= 11 is 7.32. The first-order chi connectivity index (χ1) is 16.7. The van der Waals surface area contributed by atoms with Gasteiger partial charge < -0.3 is 4.74 Å². The summed E-state index contributed by atoms with van der Waals surface area (Å²) in [5, 5.41) is 18.7. The lowest BCUT2D eigenvalue weighted by Crippen LogP contribution is -2.23. The van der Waals surface area contributed by atoms with Crippen molar-refractivity contribution in [2.75, 3.05) is 0 Å². The molecule has 0 aliphatic heterocycles. The van der Waals surface area contributed by atoms with E-state index in [1.54, 1.807) is 36.4 Å². The number of rotatable bonds is 8. The van der Waals surface area contributed by atoms with Gasteiger partial charge in [-0.25, -0.2) is 0 Å². The predicted molar refractivity (Wildman–Crippen MR) is 131 cm³/mol. The van der Waals surface area contributed by atoms with E-state index >= 15 is 0 Å². The highest BCUT2D eigenvalue weighted by molar-refractivity contribution is 7.98. The van der Waals surface area contributed by atoms with Crippen molar-refractivity contribution in [3.8, 4) is 5.75 Å². The molecule has 0 unspecified atom stereocenters. The van der Waals surface area contributed by atoms with Gasteiger partial charge in [0.15, 0.2) is 11.0 Å². The Kier molecular flexibility index (Phi) is 6.55. The van der Waals surface area contributed by atoms with Crippen molar-refractivity contribution in [3.05, 3.63) is 106 Å². The molecule has 0 fully saturated rings. The number of hydrogen-bond donors (Lipinski definition) is 0. The Morgan fingerprint density at radius 2 is 1.65 bits per heavy atom. The van der Waals surface area contributed by atoms with Crippen LogP contribution in [0.4, 0.5) is 0 Å². The van der Waals surface area contributed by atoms with Crippen LogP contribution in [0.25, 0.3) is 10.9 Å². The number of halogens is 1. The maximum Gasteiger partial charge on any atom is 0.278 e. The Hall–Kier alpha value is -3.69. The summed E-state index contributed by atoms with van der Waals surface area (Å²) in [7, 11) is 0. The highest BCUT2D eigenvalue weighted by Gasteiger charge is 2.15. The zero-order valence-electron chi connectivity index (χ0n) is 17.9. The van der Waals surface area contributed by atoms with Crippen molar-refractivity contribution in [2.24, 2.45) is 0 Å². The standard InChI is InChI=1S/C24H19ClN6O2S/c25-18-10-12-19(13-11-18)33-15-22-27-28-24(30(22)14-17-6-2-1-3-7-17)34-16-31-23(32)20-8-4-5-9-21(20)26-29-31/h1-13H,14-16H2. The molecule has 0 amide bonds. The molecule has 2 heterocycles. The molecular weight excluding hydrogens is 472 g/mol. The number of nitrogens with zero attached hydrogens (tertiary/aromatic N) is 6. The van der Waals surface area contributed by atoms with E-state index in [1.165, 1.54) is 16.4 Å². The van der Waals surface area contributed by atoms with Gasteiger partial charge in [-0.05, 0) is 42.0 Å². The van der Waals surface area contributed by atoms with Gasteiger partial charge in [0.05, 0.1) is 17.8 Å². The summed E-state index contributed by atoms with van der Waals surface area (Å²) in [6.45, 7) is 0.797. The van der Waals surface area contributed by atoms with E-state index in [9.17, 15) is 4.79 Å². The van der Waals surface area contributed by atoms with Gasteiger partial charge in [-0.15, -0.1) is 15.3 Å². The van der Waals surface area contributed by atoms with Crippen molar-refractivity contribution < 1.29 is 4.74 Å². The maximum absolute atomic E-state index is 12.8. The van der Waals surface area contributed by atoms with Crippen molar-refractivity contribution in [3.63, 3.8) is 0 Å². The minimum atomic E-state index is -0.196. The molecule has 0 aliphatic carbocycles. The average molecular weight is 491 g/mol. The van der Waals surface area contributed by atoms with Crippen LogP contribution < -0.4 is 10.3 Å². The average Bonchev–Trinajstić information content (AvgIpc) is 3.25. The molecule has 10 heteroatoms. The van der Waals surface area contributed by atoms with E-state index < -0.39 is 0 Å². The molecule has 0 spiro atoms. The molecule has 5 rings (SSSR count). The van der Waals surface area contributed by atoms with Crippen LogP contribution in [0.15, 0.2) is 88.8 Å². The van der Waals surface area contributed by atoms with Gasteiger partial charge in [0.25, 0.3) is 5.56 Å². The smallest absolute Gasteiger partial charge is 0.278 e. The third kappa shape index (κ3) is 4.95. The van der Waals surface area contributed by atoms with Crippen LogP contribution in [0.2, 0.25) is 5.02 Å². The SMILES string of the molecule is O=c1c2ccccc2nnn1CSc1nnc(COc2ccc(Cl)cc2)n1Cc1ccccc1. The van der Waals surface area contributed by atoms with E-state index in [0.29, 0.717) is 39.2 Å². The van der Waals surface area contributed by atoms with E-state index in [0.717, 1.165) is 5.56 Å². The summed E-state index contributed by atoms with van der Waals surface area (Å²) in [5.41, 5.74) is 1.47. The summed E-state index contributed by atoms with van der Waals surface area (Å²) in [5.74, 6) is 1.60. The minimum Gasteiger partial charge on any atom is -0.486 e. The van der Waals surface area contributed by atoms with Crippen LogP contribution >= 0.6 is 23.4 Å². The molecule has 0 aliphatic rings. The number of thioether (sulfide) groups is 1. The third-order valence-corrected chi connectivity index (χ3v) is 6.29. The number of fused-ring (bicyclic) bond motifs is 1. The zero-order chi connectivity index (χ0) is 23.3. The van der Waals surface area contributed by atoms with Crippen LogP contribution in [-0.4, -0.2) is 29.8 Å².